The molecule has 0 radical (unpaired) electrons. The van der Waals surface area contributed by atoms with Gasteiger partial charge in [0.15, 0.2) is 11.4 Å². The molecule has 0 spiro atoms. The fourth-order valence-electron chi connectivity index (χ4n) is 3.75. The van der Waals surface area contributed by atoms with Crippen LogP contribution in [0.1, 0.15) is 57.6 Å². The number of aromatic amines is 1. The van der Waals surface area contributed by atoms with Gasteiger partial charge >= 0.3 is 12.1 Å². The predicted molar refractivity (Wildman–Crippen MR) is 108 cm³/mol. The molecule has 0 bridgehead atoms. The molecular weight excluding hydrogens is 427 g/mol. The summed E-state index contributed by atoms with van der Waals surface area (Å²) in [5.41, 5.74) is 0.446. The van der Waals surface area contributed by atoms with Crippen molar-refractivity contribution in [2.75, 3.05) is 11.9 Å². The number of esters is 1. The van der Waals surface area contributed by atoms with Gasteiger partial charge in [-0.15, -0.1) is 0 Å². The average Bonchev–Trinajstić information content (AvgIpc) is 3.39. The minimum absolute atomic E-state index is 0.0229. The highest BCUT2D eigenvalue weighted by Gasteiger charge is 2.41. The summed E-state index contributed by atoms with van der Waals surface area (Å²) >= 11 is 0. The van der Waals surface area contributed by atoms with Crippen molar-refractivity contribution in [1.82, 2.24) is 20.0 Å². The van der Waals surface area contributed by atoms with Crippen LogP contribution in [0.5, 0.6) is 0 Å². The van der Waals surface area contributed by atoms with Gasteiger partial charge in [0.05, 0.1) is 18.5 Å². The molecule has 0 saturated carbocycles. The Morgan fingerprint density at radius 3 is 2.78 bits per heavy atom. The van der Waals surface area contributed by atoms with Gasteiger partial charge < -0.3 is 10.1 Å². The summed E-state index contributed by atoms with van der Waals surface area (Å²) in [5, 5.41) is 13.4. The number of nitrogens with one attached hydrogen (secondary N) is 2. The molecule has 1 amide bonds. The topological polar surface area (TPSA) is 102 Å². The molecule has 3 aromatic rings. The van der Waals surface area contributed by atoms with Crippen molar-refractivity contribution in [3.05, 3.63) is 58.7 Å². The van der Waals surface area contributed by atoms with Gasteiger partial charge in [0.1, 0.15) is 5.56 Å². The van der Waals surface area contributed by atoms with E-state index in [4.69, 9.17) is 4.74 Å². The van der Waals surface area contributed by atoms with E-state index < -0.39 is 29.3 Å². The molecule has 2 aromatic heterocycles. The van der Waals surface area contributed by atoms with E-state index in [2.05, 4.69) is 20.6 Å². The molecule has 0 aliphatic heterocycles. The number of H-pyrrole nitrogens is 1. The second kappa shape index (κ2) is 8.48. The smallest absolute Gasteiger partial charge is 0.434 e. The monoisotopic (exact) mass is 447 g/mol. The molecule has 1 aliphatic carbocycles. The number of ether oxygens (including phenoxy) is 1. The van der Waals surface area contributed by atoms with Gasteiger partial charge in [0.2, 0.25) is 0 Å². The lowest BCUT2D eigenvalue weighted by Crippen LogP contribution is -2.19. The van der Waals surface area contributed by atoms with Crippen LogP contribution >= 0.6 is 0 Å². The van der Waals surface area contributed by atoms with Crippen molar-refractivity contribution in [3.8, 4) is 5.69 Å². The highest BCUT2D eigenvalue weighted by molar-refractivity contribution is 6.04. The number of rotatable bonds is 5. The molecule has 2 N–H and O–H groups in total. The number of fused-ring (bicyclic) bond motifs is 1. The van der Waals surface area contributed by atoms with E-state index in [1.54, 1.807) is 6.07 Å². The maximum absolute atomic E-state index is 13.7. The largest absolute Gasteiger partial charge is 0.462 e. The molecular formula is C21H20F3N5O3. The quantitative estimate of drug-likeness (QED) is 0.578. The Kier molecular flexibility index (Phi) is 5.72. The van der Waals surface area contributed by atoms with Crippen molar-refractivity contribution in [1.29, 1.82) is 0 Å². The number of carbonyl (C=O) groups excluding carboxylic acids is 2. The molecule has 11 heteroatoms. The minimum Gasteiger partial charge on any atom is -0.462 e. The third kappa shape index (κ3) is 4.10. The second-order valence-electron chi connectivity index (χ2n) is 7.28. The van der Waals surface area contributed by atoms with Gasteiger partial charge in [-0.3, -0.25) is 9.89 Å². The van der Waals surface area contributed by atoms with E-state index in [9.17, 15) is 22.8 Å². The van der Waals surface area contributed by atoms with E-state index in [-0.39, 0.29) is 23.7 Å². The number of benzene rings is 1. The maximum atomic E-state index is 13.7. The summed E-state index contributed by atoms with van der Waals surface area (Å²) in [5.74, 6) is -1.57. The standard InChI is InChI=1S/C21H20F3N5O3/c1-2-32-20(31)15-11-25-29(18(15)21(22,23)24)13-7-5-6-12(10-13)26-19(30)17-14-8-3-4-9-16(14)27-28-17/h5-7,10-11H,2-4,8-9H2,1H3,(H,26,30)(H,27,28). The number of anilines is 1. The van der Waals surface area contributed by atoms with E-state index in [1.165, 1.54) is 25.1 Å². The molecule has 32 heavy (non-hydrogen) atoms. The molecule has 2 heterocycles. The molecule has 0 fully saturated rings. The van der Waals surface area contributed by atoms with Gasteiger partial charge in [-0.05, 0) is 50.8 Å². The maximum Gasteiger partial charge on any atom is 0.434 e. The SMILES string of the molecule is CCOC(=O)c1cnn(-c2cccc(NC(=O)c3n[nH]c4c3CCCC4)c2)c1C(F)(F)F. The normalized spacial score (nSPS) is 13.5. The number of halogens is 3. The molecule has 8 nitrogen and oxygen atoms in total. The minimum atomic E-state index is -4.86. The Hall–Kier alpha value is -3.63. The lowest BCUT2D eigenvalue weighted by molar-refractivity contribution is -0.143. The number of aromatic nitrogens is 4. The Morgan fingerprint density at radius 1 is 1.25 bits per heavy atom. The van der Waals surface area contributed by atoms with Crippen LogP contribution in [-0.2, 0) is 23.8 Å². The van der Waals surface area contributed by atoms with Crippen LogP contribution in [0.25, 0.3) is 5.69 Å². The second-order valence-corrected chi connectivity index (χ2v) is 7.28. The third-order valence-electron chi connectivity index (χ3n) is 5.15. The van der Waals surface area contributed by atoms with Crippen LogP contribution in [0, 0.1) is 0 Å². The van der Waals surface area contributed by atoms with Crippen molar-refractivity contribution in [2.24, 2.45) is 0 Å². The molecule has 0 atom stereocenters. The van der Waals surface area contributed by atoms with Crippen molar-refractivity contribution < 1.29 is 27.5 Å². The van der Waals surface area contributed by atoms with Gasteiger partial charge in [-0.25, -0.2) is 9.48 Å². The molecule has 168 valence electrons. The summed E-state index contributed by atoms with van der Waals surface area (Å²) in [7, 11) is 0. The van der Waals surface area contributed by atoms with E-state index in [1.807, 2.05) is 0 Å². The fourth-order valence-corrected chi connectivity index (χ4v) is 3.75. The lowest BCUT2D eigenvalue weighted by Gasteiger charge is -2.14. The predicted octanol–water partition coefficient (Wildman–Crippen LogP) is 3.92. The zero-order valence-electron chi connectivity index (χ0n) is 17.1. The summed E-state index contributed by atoms with van der Waals surface area (Å²) in [6.07, 6.45) is -0.475. The van der Waals surface area contributed by atoms with Crippen LogP contribution < -0.4 is 5.32 Å². The van der Waals surface area contributed by atoms with E-state index >= 15 is 0 Å². The number of nitrogens with zero attached hydrogens (tertiary/aromatic N) is 3. The van der Waals surface area contributed by atoms with Gasteiger partial charge in [0, 0.05) is 16.9 Å². The number of hydrogen-bond acceptors (Lipinski definition) is 5. The summed E-state index contributed by atoms with van der Waals surface area (Å²) in [4.78, 5) is 24.7. The van der Waals surface area contributed by atoms with Crippen LogP contribution in [0.15, 0.2) is 30.5 Å². The number of alkyl halides is 3. The molecule has 1 aromatic carbocycles. The van der Waals surface area contributed by atoms with Gasteiger partial charge in [0.25, 0.3) is 5.91 Å². The van der Waals surface area contributed by atoms with Crippen LogP contribution in [0.4, 0.5) is 18.9 Å². The zero-order valence-corrected chi connectivity index (χ0v) is 17.1. The van der Waals surface area contributed by atoms with Gasteiger partial charge in [-0.1, -0.05) is 6.07 Å². The zero-order chi connectivity index (χ0) is 22.9. The lowest BCUT2D eigenvalue weighted by atomic mass is 9.96. The summed E-state index contributed by atoms with van der Waals surface area (Å²) < 4.78 is 46.5. The van der Waals surface area contributed by atoms with E-state index in [0.717, 1.165) is 43.1 Å². The first-order valence-corrected chi connectivity index (χ1v) is 10.1. The summed E-state index contributed by atoms with van der Waals surface area (Å²) in [6, 6.07) is 5.76. The molecule has 0 saturated heterocycles. The van der Waals surface area contributed by atoms with Crippen LogP contribution in [0.3, 0.4) is 0 Å². The Bertz CT molecular complexity index is 1170. The van der Waals surface area contributed by atoms with E-state index in [0.29, 0.717) is 4.68 Å². The highest BCUT2D eigenvalue weighted by atomic mass is 19.4. The van der Waals surface area contributed by atoms with Crippen molar-refractivity contribution >= 4 is 17.6 Å². The van der Waals surface area contributed by atoms with Gasteiger partial charge in [-0.2, -0.15) is 23.4 Å². The Morgan fingerprint density at radius 2 is 2.03 bits per heavy atom. The van der Waals surface area contributed by atoms with Crippen LogP contribution in [-0.4, -0.2) is 38.5 Å². The number of hydrogen-bond donors (Lipinski definition) is 2. The first kappa shape index (κ1) is 21.6. The molecule has 0 unspecified atom stereocenters. The van der Waals surface area contributed by atoms with Crippen LogP contribution in [0.2, 0.25) is 0 Å². The summed E-state index contributed by atoms with van der Waals surface area (Å²) in [6.45, 7) is 1.43. The van der Waals surface area contributed by atoms with Crippen molar-refractivity contribution in [2.45, 2.75) is 38.8 Å². The molecule has 1 aliphatic rings. The number of aryl methyl sites for hydroxylation is 1. The fraction of sp³-hybridized carbons (Fsp3) is 0.333. The molecule has 4 rings (SSSR count). The third-order valence-corrected chi connectivity index (χ3v) is 5.15. The van der Waals surface area contributed by atoms with Crippen molar-refractivity contribution in [3.63, 3.8) is 0 Å². The Balaban J connectivity index is 1.64. The number of amides is 1. The highest BCUT2D eigenvalue weighted by Crippen LogP contribution is 2.34. The first-order valence-electron chi connectivity index (χ1n) is 10.1. The number of carbonyl (C=O) groups is 2. The average molecular weight is 447 g/mol. The first-order chi connectivity index (χ1) is 15.3. The Labute approximate surface area is 180 Å².